The molecule has 2 heteroatoms. The number of hydrogen-bond donors (Lipinski definition) is 0. The molecule has 0 radical (unpaired) electrons. The average molecular weight is 431 g/mol. The summed E-state index contributed by atoms with van der Waals surface area (Å²) >= 11 is 7.10. The summed E-state index contributed by atoms with van der Waals surface area (Å²) in [4.78, 5) is 0. The van der Waals surface area contributed by atoms with E-state index in [0.29, 0.717) is 0 Å². The summed E-state index contributed by atoms with van der Waals surface area (Å²) < 4.78 is 0. The van der Waals surface area contributed by atoms with Crippen LogP contribution in [0.3, 0.4) is 0 Å². The molecule has 0 N–H and O–H groups in total. The average Bonchev–Trinajstić information content (AvgIpc) is 2.70. The molecular formula is C26H55ClSi. The molecular weight excluding hydrogens is 376 g/mol. The van der Waals surface area contributed by atoms with Crippen molar-refractivity contribution in [1.29, 1.82) is 0 Å². The number of unbranched alkanes of at least 4 members (excludes halogenated alkanes) is 17. The van der Waals surface area contributed by atoms with Crippen LogP contribution < -0.4 is 0 Å². The molecule has 170 valence electrons. The molecule has 0 rings (SSSR count). The predicted molar refractivity (Wildman–Crippen MR) is 135 cm³/mol. The van der Waals surface area contributed by atoms with E-state index in [4.69, 9.17) is 11.1 Å². The molecule has 0 fully saturated rings. The van der Waals surface area contributed by atoms with E-state index in [9.17, 15) is 0 Å². The van der Waals surface area contributed by atoms with E-state index in [1.165, 1.54) is 147 Å². The van der Waals surface area contributed by atoms with Crippen LogP contribution in [0.15, 0.2) is 0 Å². The molecule has 0 aromatic carbocycles. The molecule has 0 aromatic heterocycles. The summed E-state index contributed by atoms with van der Waals surface area (Å²) in [5.74, 6) is 0. The largest absolute Gasteiger partial charge is 0.167 e. The molecule has 0 aromatic rings. The Labute approximate surface area is 185 Å². The van der Waals surface area contributed by atoms with Gasteiger partial charge in [-0.05, 0) is 18.1 Å². The molecule has 0 bridgehead atoms. The fraction of sp³-hybridized carbons (Fsp3) is 1.00. The Kier molecular flexibility index (Phi) is 22.6. The Balaban J connectivity index is 3.39. The second-order valence-electron chi connectivity index (χ2n) is 9.41. The van der Waals surface area contributed by atoms with Crippen LogP contribution in [0.4, 0.5) is 0 Å². The Morgan fingerprint density at radius 3 is 0.929 bits per heavy atom. The van der Waals surface area contributed by atoms with Crippen LogP contribution in [0.1, 0.15) is 149 Å². The zero-order chi connectivity index (χ0) is 20.8. The smallest absolute Gasteiger partial charge is 0.156 e. The lowest BCUT2D eigenvalue weighted by Gasteiger charge is -2.24. The fourth-order valence-electron chi connectivity index (χ4n) is 4.35. The molecule has 0 amide bonds. The van der Waals surface area contributed by atoms with Crippen molar-refractivity contribution in [2.45, 2.75) is 167 Å². The third-order valence-corrected chi connectivity index (χ3v) is 11.9. The lowest BCUT2D eigenvalue weighted by molar-refractivity contribution is 0.531. The van der Waals surface area contributed by atoms with E-state index in [1.54, 1.807) is 0 Å². The van der Waals surface area contributed by atoms with Crippen molar-refractivity contribution >= 4 is 18.5 Å². The monoisotopic (exact) mass is 430 g/mol. The first-order valence-corrected chi connectivity index (χ1v) is 17.0. The molecule has 0 unspecified atom stereocenters. The maximum absolute atomic E-state index is 7.10. The van der Waals surface area contributed by atoms with Crippen molar-refractivity contribution < 1.29 is 0 Å². The summed E-state index contributed by atoms with van der Waals surface area (Å²) in [5, 5.41) is 0. The highest BCUT2D eigenvalue weighted by molar-refractivity contribution is 7.20. The normalized spacial score (nSPS) is 12.0. The summed E-state index contributed by atoms with van der Waals surface area (Å²) in [5.41, 5.74) is 0. The van der Waals surface area contributed by atoms with E-state index < -0.39 is 7.38 Å². The van der Waals surface area contributed by atoms with Crippen molar-refractivity contribution in [1.82, 2.24) is 0 Å². The molecule has 0 saturated heterocycles. The van der Waals surface area contributed by atoms with E-state index in [0.717, 1.165) is 0 Å². The Morgan fingerprint density at radius 2 is 0.607 bits per heavy atom. The van der Waals surface area contributed by atoms with Gasteiger partial charge in [-0.3, -0.25) is 0 Å². The van der Waals surface area contributed by atoms with Gasteiger partial charge < -0.3 is 0 Å². The SMILES string of the molecule is CCCCCCCCCCCCCCCCCC[Si](Cl)(CCCC)CCCC. The van der Waals surface area contributed by atoms with Gasteiger partial charge in [0.05, 0.1) is 0 Å². The van der Waals surface area contributed by atoms with Gasteiger partial charge in [0.15, 0.2) is 7.38 Å². The second kappa shape index (κ2) is 22.2. The molecule has 0 spiro atoms. The van der Waals surface area contributed by atoms with Crippen molar-refractivity contribution in [3.8, 4) is 0 Å². The van der Waals surface area contributed by atoms with Crippen LogP contribution in [-0.2, 0) is 0 Å². The Morgan fingerprint density at radius 1 is 0.357 bits per heavy atom. The van der Waals surface area contributed by atoms with Gasteiger partial charge in [-0.25, -0.2) is 0 Å². The molecule has 28 heavy (non-hydrogen) atoms. The number of halogens is 1. The van der Waals surface area contributed by atoms with E-state index >= 15 is 0 Å². The standard InChI is InChI=1S/C26H55ClSi/c1-4-7-10-11-12-13-14-15-16-17-18-19-20-21-22-23-26-28(27,24-8-5-2)25-9-6-3/h4-26H2,1-3H3. The highest BCUT2D eigenvalue weighted by atomic mass is 35.6. The van der Waals surface area contributed by atoms with Gasteiger partial charge in [-0.2, -0.15) is 11.1 Å². The van der Waals surface area contributed by atoms with Crippen LogP contribution >= 0.6 is 11.1 Å². The van der Waals surface area contributed by atoms with Crippen LogP contribution in [0.25, 0.3) is 0 Å². The van der Waals surface area contributed by atoms with Gasteiger partial charge in [0, 0.05) is 0 Å². The quantitative estimate of drug-likeness (QED) is 0.0857. The summed E-state index contributed by atoms with van der Waals surface area (Å²) in [6.07, 6.45) is 28.6. The van der Waals surface area contributed by atoms with Crippen molar-refractivity contribution in [2.24, 2.45) is 0 Å². The maximum Gasteiger partial charge on any atom is 0.156 e. The maximum atomic E-state index is 7.10. The first-order valence-electron chi connectivity index (χ1n) is 13.4. The van der Waals surface area contributed by atoms with E-state index in [-0.39, 0.29) is 0 Å². The van der Waals surface area contributed by atoms with Gasteiger partial charge in [0.25, 0.3) is 0 Å². The number of hydrogen-bond acceptors (Lipinski definition) is 0. The minimum absolute atomic E-state index is 1.31. The molecule has 0 atom stereocenters. The number of rotatable bonds is 23. The Bertz CT molecular complexity index is 284. The minimum atomic E-state index is -1.43. The van der Waals surface area contributed by atoms with Gasteiger partial charge >= 0.3 is 0 Å². The van der Waals surface area contributed by atoms with Gasteiger partial charge in [-0.15, -0.1) is 0 Å². The highest BCUT2D eigenvalue weighted by Gasteiger charge is 2.28. The first-order chi connectivity index (χ1) is 13.7. The van der Waals surface area contributed by atoms with Gasteiger partial charge in [-0.1, -0.05) is 149 Å². The lowest BCUT2D eigenvalue weighted by Crippen LogP contribution is -2.26. The van der Waals surface area contributed by atoms with Crippen LogP contribution in [0, 0.1) is 0 Å². The predicted octanol–water partition coefficient (Wildman–Crippen LogP) is 11.0. The van der Waals surface area contributed by atoms with Gasteiger partial charge in [0.1, 0.15) is 0 Å². The van der Waals surface area contributed by atoms with Gasteiger partial charge in [0.2, 0.25) is 0 Å². The van der Waals surface area contributed by atoms with Crippen LogP contribution in [0.2, 0.25) is 18.1 Å². The first kappa shape index (κ1) is 28.5. The van der Waals surface area contributed by atoms with Crippen LogP contribution in [-0.4, -0.2) is 7.38 Å². The molecule has 0 aliphatic heterocycles. The van der Waals surface area contributed by atoms with Crippen molar-refractivity contribution in [3.63, 3.8) is 0 Å². The summed E-state index contributed by atoms with van der Waals surface area (Å²) in [7, 11) is -1.43. The third-order valence-electron chi connectivity index (χ3n) is 6.44. The fourth-order valence-corrected chi connectivity index (χ4v) is 9.16. The molecule has 0 aliphatic carbocycles. The van der Waals surface area contributed by atoms with Crippen LogP contribution in [0.5, 0.6) is 0 Å². The zero-order valence-corrected chi connectivity index (χ0v) is 21.9. The van der Waals surface area contributed by atoms with Crippen molar-refractivity contribution in [3.05, 3.63) is 0 Å². The highest BCUT2D eigenvalue weighted by Crippen LogP contribution is 2.32. The molecule has 0 heterocycles. The zero-order valence-electron chi connectivity index (χ0n) is 20.1. The summed E-state index contributed by atoms with van der Waals surface area (Å²) in [6, 6.07) is 4.11. The third kappa shape index (κ3) is 19.8. The lowest BCUT2D eigenvalue weighted by atomic mass is 10.0. The molecule has 0 aliphatic rings. The second-order valence-corrected chi connectivity index (χ2v) is 15.6. The molecule has 0 nitrogen and oxygen atoms in total. The summed E-state index contributed by atoms with van der Waals surface area (Å²) in [6.45, 7) is 6.91. The minimum Gasteiger partial charge on any atom is -0.167 e. The van der Waals surface area contributed by atoms with E-state index in [2.05, 4.69) is 20.8 Å². The molecule has 0 saturated carbocycles. The Hall–Kier alpha value is 0.507. The van der Waals surface area contributed by atoms with E-state index in [1.807, 2.05) is 0 Å². The van der Waals surface area contributed by atoms with Crippen molar-refractivity contribution in [2.75, 3.05) is 0 Å². The topological polar surface area (TPSA) is 0 Å².